The molecule has 1 aromatic heterocycles. The van der Waals surface area contributed by atoms with Gasteiger partial charge in [0.05, 0.1) is 28.9 Å². The number of rotatable bonds is 5. The average Bonchev–Trinajstić information content (AvgIpc) is 2.29. The lowest BCUT2D eigenvalue weighted by Crippen LogP contribution is -2.35. The lowest BCUT2D eigenvalue weighted by Gasteiger charge is -2.34. The number of aromatic nitrogens is 1. The van der Waals surface area contributed by atoms with Crippen molar-refractivity contribution in [2.45, 2.75) is 39.4 Å². The molecule has 0 amide bonds. The standard InChI is InChI=1S/C13H19N3O3/c1-8-6-15-12(9(2)13(8)16(17)18)7-19-11-3-10(4-11)5-14/h6,10-11H,3-5,7,14H2,1-2H3. The smallest absolute Gasteiger partial charge is 0.278 e. The Kier molecular flexibility index (Phi) is 4.11. The summed E-state index contributed by atoms with van der Waals surface area (Å²) in [5.74, 6) is 0.561. The maximum absolute atomic E-state index is 11.0. The molecule has 0 radical (unpaired) electrons. The van der Waals surface area contributed by atoms with E-state index in [2.05, 4.69) is 4.98 Å². The Morgan fingerprint density at radius 2 is 2.21 bits per heavy atom. The maximum atomic E-state index is 11.0. The zero-order valence-electron chi connectivity index (χ0n) is 11.3. The van der Waals surface area contributed by atoms with Gasteiger partial charge in [-0.15, -0.1) is 0 Å². The van der Waals surface area contributed by atoms with Crippen LogP contribution in [-0.4, -0.2) is 22.6 Å². The minimum Gasteiger partial charge on any atom is -0.372 e. The van der Waals surface area contributed by atoms with E-state index < -0.39 is 0 Å². The summed E-state index contributed by atoms with van der Waals surface area (Å²) in [6.07, 6.45) is 3.70. The molecule has 1 aromatic rings. The van der Waals surface area contributed by atoms with Gasteiger partial charge < -0.3 is 10.5 Å². The first kappa shape index (κ1) is 13.9. The second kappa shape index (κ2) is 5.63. The summed E-state index contributed by atoms with van der Waals surface area (Å²) in [7, 11) is 0. The van der Waals surface area contributed by atoms with Crippen LogP contribution in [0.3, 0.4) is 0 Å². The zero-order chi connectivity index (χ0) is 14.0. The molecule has 1 saturated carbocycles. The van der Waals surface area contributed by atoms with Crippen LogP contribution in [0.5, 0.6) is 0 Å². The lowest BCUT2D eigenvalue weighted by atomic mass is 9.82. The molecule has 0 atom stereocenters. The summed E-state index contributed by atoms with van der Waals surface area (Å²) in [4.78, 5) is 14.9. The van der Waals surface area contributed by atoms with Gasteiger partial charge in [0, 0.05) is 11.8 Å². The highest BCUT2D eigenvalue weighted by atomic mass is 16.6. The van der Waals surface area contributed by atoms with Crippen molar-refractivity contribution in [1.82, 2.24) is 4.98 Å². The predicted octanol–water partition coefficient (Wildman–Crippen LogP) is 1.86. The molecule has 2 rings (SSSR count). The number of hydrogen-bond acceptors (Lipinski definition) is 5. The van der Waals surface area contributed by atoms with E-state index in [-0.39, 0.29) is 16.7 Å². The Balaban J connectivity index is 2.01. The second-order valence-electron chi connectivity index (χ2n) is 5.12. The van der Waals surface area contributed by atoms with Crippen molar-refractivity contribution in [1.29, 1.82) is 0 Å². The van der Waals surface area contributed by atoms with Crippen LogP contribution in [0.25, 0.3) is 0 Å². The van der Waals surface area contributed by atoms with E-state index in [1.165, 1.54) is 6.20 Å². The largest absolute Gasteiger partial charge is 0.372 e. The fraction of sp³-hybridized carbons (Fsp3) is 0.615. The first-order valence-electron chi connectivity index (χ1n) is 6.44. The quantitative estimate of drug-likeness (QED) is 0.648. The highest BCUT2D eigenvalue weighted by Crippen LogP contribution is 2.30. The number of hydrogen-bond donors (Lipinski definition) is 1. The molecule has 0 bridgehead atoms. The molecule has 104 valence electrons. The van der Waals surface area contributed by atoms with Crippen molar-refractivity contribution in [3.63, 3.8) is 0 Å². The van der Waals surface area contributed by atoms with Crippen LogP contribution in [0.1, 0.15) is 29.7 Å². The van der Waals surface area contributed by atoms with E-state index in [1.807, 2.05) is 0 Å². The predicted molar refractivity (Wildman–Crippen MR) is 70.7 cm³/mol. The van der Waals surface area contributed by atoms with Crippen molar-refractivity contribution in [2.75, 3.05) is 6.54 Å². The molecule has 19 heavy (non-hydrogen) atoms. The molecule has 1 aliphatic carbocycles. The highest BCUT2D eigenvalue weighted by Gasteiger charge is 2.29. The van der Waals surface area contributed by atoms with Gasteiger partial charge in [-0.1, -0.05) is 0 Å². The summed E-state index contributed by atoms with van der Waals surface area (Å²) < 4.78 is 5.71. The summed E-state index contributed by atoms with van der Waals surface area (Å²) in [6.45, 7) is 4.45. The molecule has 6 nitrogen and oxygen atoms in total. The lowest BCUT2D eigenvalue weighted by molar-refractivity contribution is -0.386. The van der Waals surface area contributed by atoms with E-state index >= 15 is 0 Å². The summed E-state index contributed by atoms with van der Waals surface area (Å²) in [5, 5.41) is 11.0. The van der Waals surface area contributed by atoms with Gasteiger partial charge in [0.1, 0.15) is 0 Å². The molecular weight excluding hydrogens is 246 g/mol. The Bertz CT molecular complexity index is 484. The van der Waals surface area contributed by atoms with Crippen molar-refractivity contribution in [3.8, 4) is 0 Å². The van der Waals surface area contributed by atoms with Gasteiger partial charge in [-0.05, 0) is 39.2 Å². The molecule has 0 unspecified atom stereocenters. The maximum Gasteiger partial charge on any atom is 0.278 e. The third kappa shape index (κ3) is 2.90. The summed E-state index contributed by atoms with van der Waals surface area (Å²) >= 11 is 0. The van der Waals surface area contributed by atoms with Crippen molar-refractivity contribution in [3.05, 3.63) is 33.1 Å². The Morgan fingerprint density at radius 3 is 2.79 bits per heavy atom. The van der Waals surface area contributed by atoms with Crippen molar-refractivity contribution < 1.29 is 9.66 Å². The molecule has 0 spiro atoms. The van der Waals surface area contributed by atoms with Crippen LogP contribution in [0.15, 0.2) is 6.20 Å². The fourth-order valence-electron chi connectivity index (χ4n) is 2.39. The van der Waals surface area contributed by atoms with Gasteiger partial charge in [0.2, 0.25) is 0 Å². The number of aryl methyl sites for hydroxylation is 1. The first-order chi connectivity index (χ1) is 9.02. The van der Waals surface area contributed by atoms with Crippen LogP contribution in [0.2, 0.25) is 0 Å². The second-order valence-corrected chi connectivity index (χ2v) is 5.12. The van der Waals surface area contributed by atoms with E-state index in [4.69, 9.17) is 10.5 Å². The van der Waals surface area contributed by atoms with Crippen LogP contribution < -0.4 is 5.73 Å². The Hall–Kier alpha value is -1.53. The third-order valence-corrected chi connectivity index (χ3v) is 3.74. The molecule has 1 aliphatic rings. The molecule has 2 N–H and O–H groups in total. The highest BCUT2D eigenvalue weighted by molar-refractivity contribution is 5.47. The number of pyridine rings is 1. The van der Waals surface area contributed by atoms with Crippen molar-refractivity contribution >= 4 is 5.69 Å². The van der Waals surface area contributed by atoms with Crippen LogP contribution in [-0.2, 0) is 11.3 Å². The van der Waals surface area contributed by atoms with E-state index in [9.17, 15) is 10.1 Å². The van der Waals surface area contributed by atoms with Crippen LogP contribution in [0, 0.1) is 29.9 Å². The first-order valence-corrected chi connectivity index (χ1v) is 6.44. The minimum absolute atomic E-state index is 0.141. The van der Waals surface area contributed by atoms with Gasteiger partial charge in [0.25, 0.3) is 5.69 Å². The average molecular weight is 265 g/mol. The minimum atomic E-state index is -0.357. The van der Waals surface area contributed by atoms with Crippen LogP contribution in [0.4, 0.5) is 5.69 Å². The Morgan fingerprint density at radius 1 is 1.53 bits per heavy atom. The SMILES string of the molecule is Cc1cnc(COC2CC(CN)C2)c(C)c1[N+](=O)[O-]. The summed E-state index contributed by atoms with van der Waals surface area (Å²) in [5.41, 5.74) is 7.52. The normalized spacial score (nSPS) is 22.1. The van der Waals surface area contributed by atoms with Gasteiger partial charge in [-0.3, -0.25) is 15.1 Å². The van der Waals surface area contributed by atoms with E-state index in [1.54, 1.807) is 13.8 Å². The molecule has 0 aliphatic heterocycles. The number of nitro groups is 1. The van der Waals surface area contributed by atoms with Gasteiger partial charge in [0.15, 0.2) is 0 Å². The van der Waals surface area contributed by atoms with Crippen LogP contribution >= 0.6 is 0 Å². The number of nitrogens with zero attached hydrogens (tertiary/aromatic N) is 2. The molecule has 0 aromatic carbocycles. The summed E-state index contributed by atoms with van der Waals surface area (Å²) in [6, 6.07) is 0. The van der Waals surface area contributed by atoms with Gasteiger partial charge in [-0.2, -0.15) is 0 Å². The molecule has 1 heterocycles. The Labute approximate surface area is 112 Å². The monoisotopic (exact) mass is 265 g/mol. The van der Waals surface area contributed by atoms with Gasteiger partial charge in [-0.25, -0.2) is 0 Å². The zero-order valence-corrected chi connectivity index (χ0v) is 11.3. The van der Waals surface area contributed by atoms with E-state index in [0.717, 1.165) is 12.8 Å². The van der Waals surface area contributed by atoms with Crippen molar-refractivity contribution in [2.24, 2.45) is 11.7 Å². The third-order valence-electron chi connectivity index (χ3n) is 3.74. The molecule has 6 heteroatoms. The number of ether oxygens (including phenoxy) is 1. The van der Waals surface area contributed by atoms with Gasteiger partial charge >= 0.3 is 0 Å². The molecule has 0 saturated heterocycles. The molecular formula is C13H19N3O3. The topological polar surface area (TPSA) is 91.3 Å². The fourth-order valence-corrected chi connectivity index (χ4v) is 2.39. The number of nitrogens with two attached hydrogens (primary N) is 1. The molecule has 1 fully saturated rings. The van der Waals surface area contributed by atoms with E-state index in [0.29, 0.717) is 35.9 Å².